The van der Waals surface area contributed by atoms with Crippen LogP contribution in [-0.4, -0.2) is 39.0 Å². The largest absolute Gasteiger partial charge is 0.379 e. The first-order valence-corrected chi connectivity index (χ1v) is 8.14. The fraction of sp³-hybridized carbons (Fsp3) is 0.400. The lowest BCUT2D eigenvalue weighted by Crippen LogP contribution is -2.40. The zero-order valence-corrected chi connectivity index (χ0v) is 13.1. The van der Waals surface area contributed by atoms with Gasteiger partial charge in [0.2, 0.25) is 10.0 Å². The molecule has 1 saturated heterocycles. The predicted molar refractivity (Wildman–Crippen MR) is 73.7 cm³/mol. The van der Waals surface area contributed by atoms with Gasteiger partial charge in [0.05, 0.1) is 23.3 Å². The van der Waals surface area contributed by atoms with Crippen molar-refractivity contribution in [1.82, 2.24) is 4.31 Å². The van der Waals surface area contributed by atoms with Gasteiger partial charge in [-0.05, 0) is 12.1 Å². The monoisotopic (exact) mass is 373 g/mol. The van der Waals surface area contributed by atoms with E-state index in [1.807, 2.05) is 0 Å². The van der Waals surface area contributed by atoms with E-state index in [2.05, 4.69) is 15.9 Å². The maximum absolute atomic E-state index is 12.4. The van der Waals surface area contributed by atoms with Gasteiger partial charge in [-0.25, -0.2) is 8.42 Å². The van der Waals surface area contributed by atoms with Gasteiger partial charge in [-0.3, -0.25) is 0 Å². The van der Waals surface area contributed by atoms with Crippen LogP contribution in [0.5, 0.6) is 0 Å². The van der Waals surface area contributed by atoms with Gasteiger partial charge in [0.15, 0.2) is 0 Å². The molecule has 18 heavy (non-hydrogen) atoms. The summed E-state index contributed by atoms with van der Waals surface area (Å²) in [6.07, 6.45) is 0. The molecule has 0 saturated carbocycles. The van der Waals surface area contributed by atoms with Crippen LogP contribution in [-0.2, 0) is 14.8 Å². The fourth-order valence-electron chi connectivity index (χ4n) is 1.69. The molecule has 0 aromatic heterocycles. The van der Waals surface area contributed by atoms with Gasteiger partial charge < -0.3 is 4.74 Å². The number of nitrogens with zero attached hydrogens (tertiary/aromatic N) is 1. The minimum Gasteiger partial charge on any atom is -0.379 e. The number of sulfonamides is 1. The fourth-order valence-corrected chi connectivity index (χ4v) is 4.98. The highest BCUT2D eigenvalue weighted by Crippen LogP contribution is 2.34. The maximum atomic E-state index is 12.4. The zero-order valence-electron chi connectivity index (χ0n) is 9.20. The van der Waals surface area contributed by atoms with Gasteiger partial charge in [-0.2, -0.15) is 4.31 Å². The molecule has 1 aliphatic heterocycles. The van der Waals surface area contributed by atoms with Crippen LogP contribution in [0.3, 0.4) is 0 Å². The average molecular weight is 375 g/mol. The van der Waals surface area contributed by atoms with Crippen molar-refractivity contribution in [3.05, 3.63) is 26.7 Å². The van der Waals surface area contributed by atoms with E-state index in [1.54, 1.807) is 0 Å². The summed E-state index contributed by atoms with van der Waals surface area (Å²) in [6, 6.07) is 3.03. The van der Waals surface area contributed by atoms with Crippen LogP contribution in [0.2, 0.25) is 10.0 Å². The summed E-state index contributed by atoms with van der Waals surface area (Å²) >= 11 is 15.2. The number of benzene rings is 1. The van der Waals surface area contributed by atoms with Crippen LogP contribution in [0.1, 0.15) is 0 Å². The van der Waals surface area contributed by atoms with Crippen LogP contribution in [0.4, 0.5) is 0 Å². The van der Waals surface area contributed by atoms with Crippen molar-refractivity contribution in [2.24, 2.45) is 0 Å². The summed E-state index contributed by atoms with van der Waals surface area (Å²) < 4.78 is 32.0. The molecule has 4 nitrogen and oxygen atoms in total. The normalized spacial score (nSPS) is 17.9. The maximum Gasteiger partial charge on any atom is 0.246 e. The average Bonchev–Trinajstić information content (AvgIpc) is 2.28. The first-order chi connectivity index (χ1) is 8.43. The molecular weight excluding hydrogens is 365 g/mol. The molecule has 1 aromatic rings. The Morgan fingerprint density at radius 2 is 1.67 bits per heavy atom. The molecular formula is C10H10BrCl2NO3S. The first kappa shape index (κ1) is 14.6. The van der Waals surface area contributed by atoms with Crippen LogP contribution >= 0.6 is 39.1 Å². The number of ether oxygens (including phenoxy) is 1. The predicted octanol–water partition coefficient (Wildman–Crippen LogP) is 2.78. The van der Waals surface area contributed by atoms with Gasteiger partial charge >= 0.3 is 0 Å². The quantitative estimate of drug-likeness (QED) is 0.799. The highest BCUT2D eigenvalue weighted by atomic mass is 79.9. The summed E-state index contributed by atoms with van der Waals surface area (Å²) in [4.78, 5) is -0.0454. The Labute approximate surface area is 124 Å². The molecule has 0 aliphatic carbocycles. The van der Waals surface area contributed by atoms with Crippen molar-refractivity contribution >= 4 is 49.2 Å². The first-order valence-electron chi connectivity index (χ1n) is 5.15. The molecule has 100 valence electrons. The molecule has 1 aliphatic rings. The van der Waals surface area contributed by atoms with Crippen LogP contribution < -0.4 is 0 Å². The molecule has 0 bridgehead atoms. The number of hydrogen-bond acceptors (Lipinski definition) is 3. The zero-order chi connectivity index (χ0) is 13.3. The van der Waals surface area contributed by atoms with Crippen molar-refractivity contribution in [1.29, 1.82) is 0 Å². The van der Waals surface area contributed by atoms with E-state index in [0.717, 1.165) is 0 Å². The molecule has 0 radical (unpaired) electrons. The minimum atomic E-state index is -3.67. The van der Waals surface area contributed by atoms with E-state index >= 15 is 0 Å². The molecule has 2 rings (SSSR count). The highest BCUT2D eigenvalue weighted by Gasteiger charge is 2.30. The van der Waals surface area contributed by atoms with Crippen LogP contribution in [0, 0.1) is 0 Å². The van der Waals surface area contributed by atoms with E-state index in [9.17, 15) is 8.42 Å². The Balaban J connectivity index is 2.47. The van der Waals surface area contributed by atoms with E-state index in [0.29, 0.717) is 30.8 Å². The standard InChI is InChI=1S/C10H10BrCl2NO3S/c11-7-5-8(12)10(9(13)6-7)18(15,16)14-1-3-17-4-2-14/h5-6H,1-4H2. The van der Waals surface area contributed by atoms with Gasteiger partial charge in [0.25, 0.3) is 0 Å². The Morgan fingerprint density at radius 3 is 2.17 bits per heavy atom. The Bertz CT molecular complexity index is 535. The summed E-state index contributed by atoms with van der Waals surface area (Å²) in [5, 5.41) is 0.224. The molecule has 0 spiro atoms. The third-order valence-corrected chi connectivity index (χ3v) is 5.81. The number of rotatable bonds is 2. The number of halogens is 3. The van der Waals surface area contributed by atoms with Crippen molar-refractivity contribution in [3.63, 3.8) is 0 Å². The highest BCUT2D eigenvalue weighted by molar-refractivity contribution is 9.10. The Morgan fingerprint density at radius 1 is 1.17 bits per heavy atom. The molecule has 0 N–H and O–H groups in total. The third-order valence-electron chi connectivity index (χ3n) is 2.53. The van der Waals surface area contributed by atoms with Crippen molar-refractivity contribution in [3.8, 4) is 0 Å². The summed E-state index contributed by atoms with van der Waals surface area (Å²) in [6.45, 7) is 1.38. The number of morpholine rings is 1. The van der Waals surface area contributed by atoms with Gasteiger partial charge in [0, 0.05) is 17.6 Å². The van der Waals surface area contributed by atoms with Gasteiger partial charge in [-0.15, -0.1) is 0 Å². The topological polar surface area (TPSA) is 46.6 Å². The number of hydrogen-bond donors (Lipinski definition) is 0. The van der Waals surface area contributed by atoms with Crippen molar-refractivity contribution in [2.75, 3.05) is 26.3 Å². The summed E-state index contributed by atoms with van der Waals surface area (Å²) in [5.41, 5.74) is 0. The lowest BCUT2D eigenvalue weighted by molar-refractivity contribution is 0.0730. The molecule has 0 unspecified atom stereocenters. The lowest BCUT2D eigenvalue weighted by Gasteiger charge is -2.26. The van der Waals surface area contributed by atoms with Gasteiger partial charge in [0.1, 0.15) is 4.90 Å². The molecule has 0 atom stereocenters. The minimum absolute atomic E-state index is 0.0454. The smallest absolute Gasteiger partial charge is 0.246 e. The Kier molecular flexibility index (Phi) is 4.57. The van der Waals surface area contributed by atoms with Gasteiger partial charge in [-0.1, -0.05) is 39.1 Å². The molecule has 1 fully saturated rings. The van der Waals surface area contributed by atoms with E-state index < -0.39 is 10.0 Å². The molecule has 1 aromatic carbocycles. The van der Waals surface area contributed by atoms with E-state index in [4.69, 9.17) is 27.9 Å². The second kappa shape index (κ2) is 5.64. The summed E-state index contributed by atoms with van der Waals surface area (Å²) in [5.74, 6) is 0. The van der Waals surface area contributed by atoms with Crippen molar-refractivity contribution < 1.29 is 13.2 Å². The molecule has 8 heteroatoms. The molecule has 1 heterocycles. The molecule has 0 amide bonds. The third kappa shape index (κ3) is 2.84. The van der Waals surface area contributed by atoms with Crippen LogP contribution in [0.15, 0.2) is 21.5 Å². The Hall–Kier alpha value is 0.150. The van der Waals surface area contributed by atoms with E-state index in [1.165, 1.54) is 16.4 Å². The van der Waals surface area contributed by atoms with E-state index in [-0.39, 0.29) is 14.9 Å². The van der Waals surface area contributed by atoms with Crippen LogP contribution in [0.25, 0.3) is 0 Å². The second-order valence-electron chi connectivity index (χ2n) is 3.72. The SMILES string of the molecule is O=S(=O)(c1c(Cl)cc(Br)cc1Cl)N1CCOCC1. The summed E-state index contributed by atoms with van der Waals surface area (Å²) in [7, 11) is -3.67. The second-order valence-corrected chi connectivity index (χ2v) is 7.32. The lowest BCUT2D eigenvalue weighted by atomic mass is 10.4. The van der Waals surface area contributed by atoms with Crippen molar-refractivity contribution in [2.45, 2.75) is 4.90 Å².